The van der Waals surface area contributed by atoms with Crippen LogP contribution in [-0.4, -0.2) is 29.4 Å². The number of hydrogen-bond donors (Lipinski definition) is 1. The first-order valence-electron chi connectivity index (χ1n) is 12.7. The predicted octanol–water partition coefficient (Wildman–Crippen LogP) is 6.98. The first-order chi connectivity index (χ1) is 13.6. The Morgan fingerprint density at radius 3 is 1.93 bits per heavy atom. The first-order valence-corrected chi connectivity index (χ1v) is 12.7. The topological polar surface area (TPSA) is 46.3 Å². The third-order valence-corrected chi connectivity index (χ3v) is 6.56. The van der Waals surface area contributed by atoms with E-state index in [-0.39, 0.29) is 6.17 Å². The van der Waals surface area contributed by atoms with Crippen LogP contribution >= 0.6 is 0 Å². The fourth-order valence-corrected chi connectivity index (χ4v) is 4.55. The third kappa shape index (κ3) is 12.9. The number of rotatable bonds is 18. The molecule has 0 amide bonds. The summed E-state index contributed by atoms with van der Waals surface area (Å²) in [7, 11) is 0. The molecule has 0 aliphatic carbocycles. The Hall–Kier alpha value is -0.410. The van der Waals surface area contributed by atoms with Gasteiger partial charge in [0.25, 0.3) is 0 Å². The number of piperidine rings is 1. The molecule has 0 spiro atoms. The van der Waals surface area contributed by atoms with Gasteiger partial charge >= 0.3 is 0 Å². The molecule has 3 heteroatoms. The van der Waals surface area contributed by atoms with Crippen LogP contribution in [-0.2, 0) is 4.79 Å². The lowest BCUT2D eigenvalue weighted by atomic mass is 10.0. The van der Waals surface area contributed by atoms with Crippen molar-refractivity contribution in [3.63, 3.8) is 0 Å². The minimum atomic E-state index is 0.0749. The van der Waals surface area contributed by atoms with E-state index in [1.807, 2.05) is 0 Å². The fourth-order valence-electron chi connectivity index (χ4n) is 4.55. The summed E-state index contributed by atoms with van der Waals surface area (Å²) >= 11 is 0. The standard InChI is InChI=1S/C25H50N2O/c1-3-4-5-6-7-8-9-10-11-12-13-14-15-19-24(28)20-21-25(26)27-22-17-16-18-23(27)2/h23,25H,3-22,26H2,1-2H3. The van der Waals surface area contributed by atoms with Gasteiger partial charge in [0.15, 0.2) is 0 Å². The van der Waals surface area contributed by atoms with Gasteiger partial charge in [-0.05, 0) is 39.2 Å². The van der Waals surface area contributed by atoms with Crippen LogP contribution in [0.15, 0.2) is 0 Å². The van der Waals surface area contributed by atoms with E-state index in [4.69, 9.17) is 5.73 Å². The Bertz CT molecular complexity index is 372. The maximum Gasteiger partial charge on any atom is 0.133 e. The molecule has 1 heterocycles. The lowest BCUT2D eigenvalue weighted by molar-refractivity contribution is -0.119. The average molecular weight is 395 g/mol. The van der Waals surface area contributed by atoms with Gasteiger partial charge in [-0.2, -0.15) is 0 Å². The lowest BCUT2D eigenvalue weighted by Crippen LogP contribution is -2.49. The molecule has 2 atom stereocenters. The first kappa shape index (κ1) is 25.6. The number of ketones is 1. The molecule has 0 aromatic carbocycles. The van der Waals surface area contributed by atoms with Crippen LogP contribution in [0.1, 0.15) is 136 Å². The van der Waals surface area contributed by atoms with Crippen LogP contribution in [0.2, 0.25) is 0 Å². The zero-order valence-corrected chi connectivity index (χ0v) is 19.2. The van der Waals surface area contributed by atoms with Crippen molar-refractivity contribution >= 4 is 5.78 Å². The number of nitrogens with zero attached hydrogens (tertiary/aromatic N) is 1. The Morgan fingerprint density at radius 1 is 0.857 bits per heavy atom. The minimum Gasteiger partial charge on any atom is -0.316 e. The summed E-state index contributed by atoms with van der Waals surface area (Å²) < 4.78 is 0. The summed E-state index contributed by atoms with van der Waals surface area (Å²) in [5, 5.41) is 0. The van der Waals surface area contributed by atoms with Crippen LogP contribution in [0.25, 0.3) is 0 Å². The number of carbonyl (C=O) groups is 1. The molecular weight excluding hydrogens is 344 g/mol. The van der Waals surface area contributed by atoms with Crippen molar-refractivity contribution in [3.8, 4) is 0 Å². The van der Waals surface area contributed by atoms with Gasteiger partial charge in [0.1, 0.15) is 5.78 Å². The molecule has 0 aromatic heterocycles. The highest BCUT2D eigenvalue weighted by atomic mass is 16.1. The molecule has 0 bridgehead atoms. The highest BCUT2D eigenvalue weighted by Gasteiger charge is 2.23. The van der Waals surface area contributed by atoms with Gasteiger partial charge in [-0.15, -0.1) is 0 Å². The van der Waals surface area contributed by atoms with Crippen molar-refractivity contribution in [2.45, 2.75) is 148 Å². The molecule has 28 heavy (non-hydrogen) atoms. The zero-order valence-electron chi connectivity index (χ0n) is 19.2. The van der Waals surface area contributed by atoms with E-state index < -0.39 is 0 Å². The highest BCUT2D eigenvalue weighted by molar-refractivity contribution is 5.78. The quantitative estimate of drug-likeness (QED) is 0.255. The van der Waals surface area contributed by atoms with E-state index in [0.717, 1.165) is 25.8 Å². The molecule has 1 saturated heterocycles. The molecule has 0 radical (unpaired) electrons. The van der Waals surface area contributed by atoms with Gasteiger partial charge in [-0.25, -0.2) is 0 Å². The van der Waals surface area contributed by atoms with Crippen LogP contribution in [0.3, 0.4) is 0 Å². The third-order valence-electron chi connectivity index (χ3n) is 6.56. The summed E-state index contributed by atoms with van der Waals surface area (Å²) in [6.07, 6.45) is 23.8. The average Bonchev–Trinajstić information content (AvgIpc) is 2.70. The smallest absolute Gasteiger partial charge is 0.133 e. The number of Topliss-reactive ketones (excluding diaryl/α,β-unsaturated/α-hetero) is 1. The van der Waals surface area contributed by atoms with E-state index in [0.29, 0.717) is 18.2 Å². The van der Waals surface area contributed by atoms with Gasteiger partial charge in [0.05, 0.1) is 6.17 Å². The fraction of sp³-hybridized carbons (Fsp3) is 0.960. The van der Waals surface area contributed by atoms with E-state index in [1.54, 1.807) is 0 Å². The number of hydrogen-bond acceptors (Lipinski definition) is 3. The SMILES string of the molecule is CCCCCCCCCCCCCCCC(=O)CCC(N)N1CCCCC1C. The molecular formula is C25H50N2O. The number of nitrogens with two attached hydrogens (primary N) is 1. The second-order valence-corrected chi connectivity index (χ2v) is 9.22. The molecule has 1 rings (SSSR count). The Morgan fingerprint density at radius 2 is 1.39 bits per heavy atom. The van der Waals surface area contributed by atoms with E-state index in [9.17, 15) is 4.79 Å². The van der Waals surface area contributed by atoms with E-state index in [2.05, 4.69) is 18.7 Å². The molecule has 0 saturated carbocycles. The minimum absolute atomic E-state index is 0.0749. The van der Waals surface area contributed by atoms with Crippen molar-refractivity contribution in [1.29, 1.82) is 0 Å². The molecule has 1 aliphatic rings. The predicted molar refractivity (Wildman–Crippen MR) is 123 cm³/mol. The molecule has 1 aliphatic heterocycles. The van der Waals surface area contributed by atoms with Gasteiger partial charge < -0.3 is 5.73 Å². The van der Waals surface area contributed by atoms with Crippen LogP contribution in [0, 0.1) is 0 Å². The largest absolute Gasteiger partial charge is 0.316 e. The van der Waals surface area contributed by atoms with Crippen LogP contribution < -0.4 is 5.73 Å². The van der Waals surface area contributed by atoms with Gasteiger partial charge in [-0.1, -0.05) is 90.4 Å². The van der Waals surface area contributed by atoms with Crippen molar-refractivity contribution < 1.29 is 4.79 Å². The second-order valence-electron chi connectivity index (χ2n) is 9.22. The Labute approximate surface area is 176 Å². The van der Waals surface area contributed by atoms with Crippen molar-refractivity contribution in [2.24, 2.45) is 5.73 Å². The van der Waals surface area contributed by atoms with Crippen LogP contribution in [0.5, 0.6) is 0 Å². The Balaban J connectivity index is 1.86. The highest BCUT2D eigenvalue weighted by Crippen LogP contribution is 2.19. The van der Waals surface area contributed by atoms with E-state index in [1.165, 1.54) is 96.3 Å². The molecule has 3 nitrogen and oxygen atoms in total. The maximum absolute atomic E-state index is 12.1. The maximum atomic E-state index is 12.1. The molecule has 0 aromatic rings. The normalized spacial score (nSPS) is 19.0. The molecule has 166 valence electrons. The number of unbranched alkanes of at least 4 members (excludes halogenated alkanes) is 12. The van der Waals surface area contributed by atoms with Gasteiger partial charge in [-0.3, -0.25) is 9.69 Å². The zero-order chi connectivity index (χ0) is 20.5. The number of likely N-dealkylation sites (tertiary alicyclic amines) is 1. The van der Waals surface area contributed by atoms with Gasteiger partial charge in [0, 0.05) is 18.9 Å². The summed E-state index contributed by atoms with van der Waals surface area (Å²) in [5.74, 6) is 0.420. The van der Waals surface area contributed by atoms with Crippen molar-refractivity contribution in [2.75, 3.05) is 6.54 Å². The molecule has 2 unspecified atom stereocenters. The molecule has 2 N–H and O–H groups in total. The summed E-state index contributed by atoms with van der Waals surface area (Å²) in [6.45, 7) is 5.66. The number of carbonyl (C=O) groups excluding carboxylic acids is 1. The molecule has 1 fully saturated rings. The summed E-state index contributed by atoms with van der Waals surface area (Å²) in [4.78, 5) is 14.5. The monoisotopic (exact) mass is 394 g/mol. The van der Waals surface area contributed by atoms with Crippen LogP contribution in [0.4, 0.5) is 0 Å². The second kappa shape index (κ2) is 17.4. The Kier molecular flexibility index (Phi) is 16.0. The van der Waals surface area contributed by atoms with E-state index >= 15 is 0 Å². The lowest BCUT2D eigenvalue weighted by Gasteiger charge is -2.37. The summed E-state index contributed by atoms with van der Waals surface area (Å²) in [5.41, 5.74) is 6.34. The summed E-state index contributed by atoms with van der Waals surface area (Å²) in [6, 6.07) is 0.583. The van der Waals surface area contributed by atoms with Crippen molar-refractivity contribution in [3.05, 3.63) is 0 Å². The van der Waals surface area contributed by atoms with Crippen molar-refractivity contribution in [1.82, 2.24) is 4.90 Å². The van der Waals surface area contributed by atoms with Gasteiger partial charge in [0.2, 0.25) is 0 Å².